The molecule has 0 heterocycles. The van der Waals surface area contributed by atoms with Crippen molar-refractivity contribution in [3.63, 3.8) is 0 Å². The zero-order chi connectivity index (χ0) is 14.5. The molecule has 0 atom stereocenters. The van der Waals surface area contributed by atoms with Crippen molar-refractivity contribution in [2.24, 2.45) is 5.73 Å². The summed E-state index contributed by atoms with van der Waals surface area (Å²) < 4.78 is 25.1. The maximum absolute atomic E-state index is 13.4. The van der Waals surface area contributed by atoms with Crippen molar-refractivity contribution in [2.45, 2.75) is 13.2 Å². The molecule has 0 spiro atoms. The summed E-state index contributed by atoms with van der Waals surface area (Å²) in [5.74, 6) is 0.849. The summed E-state index contributed by atoms with van der Waals surface area (Å²) >= 11 is 3.45. The van der Waals surface area contributed by atoms with Crippen molar-refractivity contribution < 1.29 is 13.9 Å². The highest BCUT2D eigenvalue weighted by Gasteiger charge is 2.05. The SMILES string of the molecule is COc1ccc(Br)c(COc2cc(F)cc(CN)c2)c1. The van der Waals surface area contributed by atoms with Gasteiger partial charge in [-0.2, -0.15) is 0 Å². The Hall–Kier alpha value is -1.59. The molecule has 0 aliphatic heterocycles. The number of hydrogen-bond donors (Lipinski definition) is 1. The molecule has 3 nitrogen and oxygen atoms in total. The van der Waals surface area contributed by atoms with Gasteiger partial charge in [0.2, 0.25) is 0 Å². The Bertz CT molecular complexity index is 604. The number of halogens is 2. The minimum absolute atomic E-state index is 0.275. The summed E-state index contributed by atoms with van der Waals surface area (Å²) in [6, 6.07) is 10.1. The molecule has 0 bridgehead atoms. The van der Waals surface area contributed by atoms with Crippen molar-refractivity contribution in [2.75, 3.05) is 7.11 Å². The summed E-state index contributed by atoms with van der Waals surface area (Å²) in [4.78, 5) is 0. The zero-order valence-electron chi connectivity index (χ0n) is 11.0. The Morgan fingerprint density at radius 3 is 2.65 bits per heavy atom. The molecule has 0 saturated carbocycles. The van der Waals surface area contributed by atoms with E-state index in [2.05, 4.69) is 15.9 Å². The third-order valence-corrected chi connectivity index (χ3v) is 3.59. The maximum Gasteiger partial charge on any atom is 0.127 e. The summed E-state index contributed by atoms with van der Waals surface area (Å²) in [6.07, 6.45) is 0. The predicted octanol–water partition coefficient (Wildman–Crippen LogP) is 3.63. The average Bonchev–Trinajstić information content (AvgIpc) is 2.45. The van der Waals surface area contributed by atoms with Crippen molar-refractivity contribution >= 4 is 15.9 Å². The Labute approximate surface area is 125 Å². The molecule has 2 aromatic rings. The number of methoxy groups -OCH3 is 1. The van der Waals surface area contributed by atoms with Gasteiger partial charge in [-0.1, -0.05) is 15.9 Å². The highest BCUT2D eigenvalue weighted by molar-refractivity contribution is 9.10. The first kappa shape index (κ1) is 14.8. The Balaban J connectivity index is 2.14. The standard InChI is InChI=1S/C15H15BrFNO2/c1-19-13-2-3-15(16)11(6-13)9-20-14-5-10(8-18)4-12(17)7-14/h2-7H,8-9,18H2,1H3. The van der Waals surface area contributed by atoms with Gasteiger partial charge in [0.1, 0.15) is 23.9 Å². The third kappa shape index (κ3) is 3.71. The van der Waals surface area contributed by atoms with Crippen molar-refractivity contribution in [3.8, 4) is 11.5 Å². The van der Waals surface area contributed by atoms with E-state index < -0.39 is 0 Å². The van der Waals surface area contributed by atoms with Crippen LogP contribution in [0.1, 0.15) is 11.1 Å². The number of nitrogens with two attached hydrogens (primary N) is 1. The summed E-state index contributed by atoms with van der Waals surface area (Å²) in [5.41, 5.74) is 7.13. The second-order valence-corrected chi connectivity index (χ2v) is 5.10. The molecule has 0 aliphatic carbocycles. The molecule has 0 aliphatic rings. The number of ether oxygens (including phenoxy) is 2. The summed E-state index contributed by atoms with van der Waals surface area (Å²) in [7, 11) is 1.61. The van der Waals surface area contributed by atoms with Crippen molar-refractivity contribution in [3.05, 3.63) is 57.8 Å². The van der Waals surface area contributed by atoms with Crippen molar-refractivity contribution in [1.29, 1.82) is 0 Å². The fourth-order valence-corrected chi connectivity index (χ4v) is 2.13. The molecule has 0 fully saturated rings. The minimum atomic E-state index is -0.354. The number of rotatable bonds is 5. The van der Waals surface area contributed by atoms with E-state index in [1.807, 2.05) is 18.2 Å². The van der Waals surface area contributed by atoms with Crippen LogP contribution in [-0.4, -0.2) is 7.11 Å². The first-order valence-corrected chi connectivity index (χ1v) is 6.86. The topological polar surface area (TPSA) is 44.5 Å². The quantitative estimate of drug-likeness (QED) is 0.904. The normalized spacial score (nSPS) is 10.4. The van der Waals surface area contributed by atoms with Gasteiger partial charge < -0.3 is 15.2 Å². The van der Waals surface area contributed by atoms with Gasteiger partial charge in [0.15, 0.2) is 0 Å². The lowest BCUT2D eigenvalue weighted by molar-refractivity contribution is 0.302. The smallest absolute Gasteiger partial charge is 0.127 e. The molecule has 0 radical (unpaired) electrons. The fourth-order valence-electron chi connectivity index (χ4n) is 1.77. The highest BCUT2D eigenvalue weighted by atomic mass is 79.9. The Morgan fingerprint density at radius 2 is 1.95 bits per heavy atom. The monoisotopic (exact) mass is 339 g/mol. The van der Waals surface area contributed by atoms with E-state index in [0.29, 0.717) is 17.9 Å². The number of benzene rings is 2. The van der Waals surface area contributed by atoms with Crippen LogP contribution in [0, 0.1) is 5.82 Å². The van der Waals surface area contributed by atoms with Gasteiger partial charge in [0.05, 0.1) is 7.11 Å². The number of hydrogen-bond acceptors (Lipinski definition) is 3. The van der Waals surface area contributed by atoms with Crippen LogP contribution in [0.5, 0.6) is 11.5 Å². The van der Waals surface area contributed by atoms with Crippen LogP contribution in [-0.2, 0) is 13.2 Å². The third-order valence-electron chi connectivity index (χ3n) is 2.81. The van der Waals surface area contributed by atoms with E-state index in [1.165, 1.54) is 12.1 Å². The second-order valence-electron chi connectivity index (χ2n) is 4.25. The molecule has 0 unspecified atom stereocenters. The van der Waals surface area contributed by atoms with Crippen molar-refractivity contribution in [1.82, 2.24) is 0 Å². The molecule has 106 valence electrons. The van der Waals surface area contributed by atoms with Gasteiger partial charge in [-0.3, -0.25) is 0 Å². The largest absolute Gasteiger partial charge is 0.497 e. The Kier molecular flexibility index (Phi) is 4.98. The molecule has 2 aromatic carbocycles. The minimum Gasteiger partial charge on any atom is -0.497 e. The molecule has 0 aromatic heterocycles. The molecular weight excluding hydrogens is 325 g/mol. The molecule has 5 heteroatoms. The molecule has 20 heavy (non-hydrogen) atoms. The Morgan fingerprint density at radius 1 is 1.15 bits per heavy atom. The van der Waals surface area contributed by atoms with E-state index in [0.717, 1.165) is 15.8 Å². The highest BCUT2D eigenvalue weighted by Crippen LogP contribution is 2.24. The summed E-state index contributed by atoms with van der Waals surface area (Å²) in [6.45, 7) is 0.586. The van der Waals surface area contributed by atoms with E-state index in [-0.39, 0.29) is 12.4 Å². The van der Waals surface area contributed by atoms with E-state index in [9.17, 15) is 4.39 Å². The first-order valence-electron chi connectivity index (χ1n) is 6.07. The van der Waals surface area contributed by atoms with Crippen LogP contribution in [0.2, 0.25) is 0 Å². The van der Waals surface area contributed by atoms with E-state index >= 15 is 0 Å². The zero-order valence-corrected chi connectivity index (χ0v) is 12.6. The van der Waals surface area contributed by atoms with Gasteiger partial charge in [-0.15, -0.1) is 0 Å². The lowest BCUT2D eigenvalue weighted by Gasteiger charge is -2.10. The molecule has 2 rings (SSSR count). The van der Waals surface area contributed by atoms with Gasteiger partial charge >= 0.3 is 0 Å². The van der Waals surface area contributed by atoms with Crippen LogP contribution >= 0.6 is 15.9 Å². The van der Waals surface area contributed by atoms with Gasteiger partial charge in [-0.25, -0.2) is 4.39 Å². The van der Waals surface area contributed by atoms with Gasteiger partial charge in [-0.05, 0) is 35.9 Å². The van der Waals surface area contributed by atoms with Crippen LogP contribution in [0.3, 0.4) is 0 Å². The molecular formula is C15H15BrFNO2. The lowest BCUT2D eigenvalue weighted by atomic mass is 10.2. The predicted molar refractivity (Wildman–Crippen MR) is 79.3 cm³/mol. The molecule has 0 amide bonds. The van der Waals surface area contributed by atoms with Crippen LogP contribution in [0.4, 0.5) is 4.39 Å². The molecule has 0 saturated heterocycles. The lowest BCUT2D eigenvalue weighted by Crippen LogP contribution is -2.01. The maximum atomic E-state index is 13.4. The summed E-state index contributed by atoms with van der Waals surface area (Å²) in [5, 5.41) is 0. The average molecular weight is 340 g/mol. The van der Waals surface area contributed by atoms with Crippen LogP contribution in [0.15, 0.2) is 40.9 Å². The van der Waals surface area contributed by atoms with Crippen LogP contribution in [0.25, 0.3) is 0 Å². The van der Waals surface area contributed by atoms with E-state index in [4.69, 9.17) is 15.2 Å². The van der Waals surface area contributed by atoms with Gasteiger partial charge in [0.25, 0.3) is 0 Å². The molecule has 2 N–H and O–H groups in total. The fraction of sp³-hybridized carbons (Fsp3) is 0.200. The van der Waals surface area contributed by atoms with E-state index in [1.54, 1.807) is 13.2 Å². The van der Waals surface area contributed by atoms with Gasteiger partial charge in [0, 0.05) is 22.6 Å². The van der Waals surface area contributed by atoms with Crippen LogP contribution < -0.4 is 15.2 Å². The second kappa shape index (κ2) is 6.72. The first-order chi connectivity index (χ1) is 9.62.